The summed E-state index contributed by atoms with van der Waals surface area (Å²) >= 11 is 0. The second kappa shape index (κ2) is 10.9. The Balaban J connectivity index is 4.24. The van der Waals surface area contributed by atoms with Crippen molar-refractivity contribution in [3.05, 3.63) is 0 Å². The molecule has 18 heavy (non-hydrogen) atoms. The maximum absolute atomic E-state index is 2.47. The molecule has 0 N–H and O–H groups in total. The Bertz CT molecular complexity index is 173. The molecule has 0 bridgehead atoms. The lowest BCUT2D eigenvalue weighted by atomic mass is 9.76. The maximum Gasteiger partial charge on any atom is -0.0386 e. The van der Waals surface area contributed by atoms with E-state index in [0.29, 0.717) is 0 Å². The molecule has 0 nitrogen and oxygen atoms in total. The van der Waals surface area contributed by atoms with E-state index >= 15 is 0 Å². The molecule has 0 saturated carbocycles. The first kappa shape index (κ1) is 18.0. The van der Waals surface area contributed by atoms with Crippen molar-refractivity contribution < 1.29 is 0 Å². The molecule has 110 valence electrons. The fourth-order valence-electron chi connectivity index (χ4n) is 3.26. The Labute approximate surface area is 117 Å². The Kier molecular flexibility index (Phi) is 10.9. The Morgan fingerprint density at radius 1 is 0.667 bits per heavy atom. The topological polar surface area (TPSA) is 0 Å². The van der Waals surface area contributed by atoms with Crippen molar-refractivity contribution in [2.75, 3.05) is 0 Å². The molecule has 0 rings (SSSR count). The molecule has 0 heterocycles. The first-order valence-corrected chi connectivity index (χ1v) is 8.58. The highest BCUT2D eigenvalue weighted by Gasteiger charge is 2.21. The zero-order valence-electron chi connectivity index (χ0n) is 14.0. The summed E-state index contributed by atoms with van der Waals surface area (Å²) in [7, 11) is 0. The molecule has 4 unspecified atom stereocenters. The monoisotopic (exact) mass is 254 g/mol. The van der Waals surface area contributed by atoms with Gasteiger partial charge in [0.1, 0.15) is 0 Å². The minimum absolute atomic E-state index is 0.912. The summed E-state index contributed by atoms with van der Waals surface area (Å²) in [5, 5.41) is 0. The zero-order valence-corrected chi connectivity index (χ0v) is 14.0. The summed E-state index contributed by atoms with van der Waals surface area (Å²) in [4.78, 5) is 0. The van der Waals surface area contributed by atoms with Gasteiger partial charge in [0.2, 0.25) is 0 Å². The highest BCUT2D eigenvalue weighted by molar-refractivity contribution is 4.72. The predicted molar refractivity (Wildman–Crippen MR) is 84.9 cm³/mol. The van der Waals surface area contributed by atoms with Crippen LogP contribution in [0.5, 0.6) is 0 Å². The van der Waals surface area contributed by atoms with Gasteiger partial charge >= 0.3 is 0 Å². The zero-order chi connectivity index (χ0) is 14.0. The third-order valence-electron chi connectivity index (χ3n) is 4.87. The summed E-state index contributed by atoms with van der Waals surface area (Å²) in [6, 6.07) is 0. The molecule has 0 amide bonds. The van der Waals surface area contributed by atoms with E-state index in [-0.39, 0.29) is 0 Å². The van der Waals surface area contributed by atoms with Crippen LogP contribution in [0.4, 0.5) is 0 Å². The van der Waals surface area contributed by atoms with Crippen molar-refractivity contribution in [2.45, 2.75) is 92.9 Å². The van der Waals surface area contributed by atoms with Crippen molar-refractivity contribution in [1.29, 1.82) is 0 Å². The molecule has 0 spiro atoms. The van der Waals surface area contributed by atoms with E-state index in [9.17, 15) is 0 Å². The highest BCUT2D eigenvalue weighted by Crippen LogP contribution is 2.33. The largest absolute Gasteiger partial charge is 0.0654 e. The van der Waals surface area contributed by atoms with E-state index in [4.69, 9.17) is 0 Å². The predicted octanol–water partition coefficient (Wildman–Crippen LogP) is 6.69. The smallest absolute Gasteiger partial charge is 0.0386 e. The Morgan fingerprint density at radius 3 is 1.56 bits per heavy atom. The fourth-order valence-corrected chi connectivity index (χ4v) is 3.26. The second-order valence-electron chi connectivity index (χ2n) is 6.57. The molecular formula is C18H38. The van der Waals surface area contributed by atoms with Crippen LogP contribution in [0.15, 0.2) is 0 Å². The number of unbranched alkanes of at least 4 members (excludes halogenated alkanes) is 1. The van der Waals surface area contributed by atoms with Gasteiger partial charge in [0, 0.05) is 0 Å². The van der Waals surface area contributed by atoms with Gasteiger partial charge in [0.15, 0.2) is 0 Å². The van der Waals surface area contributed by atoms with Crippen molar-refractivity contribution >= 4 is 0 Å². The lowest BCUT2D eigenvalue weighted by molar-refractivity contribution is 0.215. The molecule has 0 aliphatic heterocycles. The van der Waals surface area contributed by atoms with Gasteiger partial charge in [0.25, 0.3) is 0 Å². The van der Waals surface area contributed by atoms with Crippen molar-refractivity contribution in [1.82, 2.24) is 0 Å². The maximum atomic E-state index is 2.47. The van der Waals surface area contributed by atoms with E-state index < -0.39 is 0 Å². The summed E-state index contributed by atoms with van der Waals surface area (Å²) in [5.74, 6) is 3.78. The molecule has 0 aliphatic rings. The highest BCUT2D eigenvalue weighted by atomic mass is 14.3. The molecule has 0 aromatic heterocycles. The van der Waals surface area contributed by atoms with E-state index in [0.717, 1.165) is 23.7 Å². The van der Waals surface area contributed by atoms with Crippen LogP contribution in [0.2, 0.25) is 0 Å². The van der Waals surface area contributed by atoms with Crippen LogP contribution >= 0.6 is 0 Å². The van der Waals surface area contributed by atoms with Crippen molar-refractivity contribution in [2.24, 2.45) is 23.7 Å². The van der Waals surface area contributed by atoms with Crippen LogP contribution in [-0.2, 0) is 0 Å². The van der Waals surface area contributed by atoms with Gasteiger partial charge in [-0.15, -0.1) is 0 Å². The van der Waals surface area contributed by atoms with E-state index in [1.54, 1.807) is 0 Å². The van der Waals surface area contributed by atoms with Gasteiger partial charge in [0.05, 0.1) is 0 Å². The van der Waals surface area contributed by atoms with E-state index in [1.165, 1.54) is 51.4 Å². The molecule has 0 radical (unpaired) electrons. The molecular weight excluding hydrogens is 216 g/mol. The quantitative estimate of drug-likeness (QED) is 0.385. The van der Waals surface area contributed by atoms with Gasteiger partial charge in [-0.25, -0.2) is 0 Å². The average molecular weight is 255 g/mol. The third-order valence-corrected chi connectivity index (χ3v) is 4.87. The van der Waals surface area contributed by atoms with Crippen LogP contribution in [0.1, 0.15) is 92.9 Å². The molecule has 0 heteroatoms. The van der Waals surface area contributed by atoms with Crippen molar-refractivity contribution in [3.8, 4) is 0 Å². The van der Waals surface area contributed by atoms with Gasteiger partial charge in [-0.2, -0.15) is 0 Å². The fraction of sp³-hybridized carbons (Fsp3) is 1.00. The summed E-state index contributed by atoms with van der Waals surface area (Å²) in [6.45, 7) is 14.3. The minimum atomic E-state index is 0.912. The minimum Gasteiger partial charge on any atom is -0.0654 e. The van der Waals surface area contributed by atoms with Gasteiger partial charge in [-0.05, 0) is 36.5 Å². The van der Waals surface area contributed by atoms with Crippen molar-refractivity contribution in [3.63, 3.8) is 0 Å². The molecule has 0 saturated heterocycles. The first-order valence-electron chi connectivity index (χ1n) is 8.58. The van der Waals surface area contributed by atoms with Crippen LogP contribution in [-0.4, -0.2) is 0 Å². The molecule has 0 aromatic carbocycles. The standard InChI is InChI=1S/C18H38/c1-7-11-12-16(6)14-18(10-4)17(9-3)13-15(5)8-2/h15-18H,7-14H2,1-6H3. The van der Waals surface area contributed by atoms with Crippen LogP contribution in [0.25, 0.3) is 0 Å². The van der Waals surface area contributed by atoms with Crippen LogP contribution in [0, 0.1) is 23.7 Å². The van der Waals surface area contributed by atoms with Gasteiger partial charge < -0.3 is 0 Å². The SMILES string of the molecule is CCCCC(C)CC(CC)C(CC)CC(C)CC. The number of hydrogen-bond donors (Lipinski definition) is 0. The van der Waals surface area contributed by atoms with Crippen LogP contribution in [0.3, 0.4) is 0 Å². The molecule has 0 aliphatic carbocycles. The molecule has 4 atom stereocenters. The first-order chi connectivity index (χ1) is 8.58. The Hall–Kier alpha value is 0. The summed E-state index contributed by atoms with van der Waals surface area (Å²) in [6.07, 6.45) is 11.2. The van der Waals surface area contributed by atoms with E-state index in [1.807, 2.05) is 0 Å². The van der Waals surface area contributed by atoms with Crippen LogP contribution < -0.4 is 0 Å². The second-order valence-corrected chi connectivity index (χ2v) is 6.57. The molecule has 0 aromatic rings. The van der Waals surface area contributed by atoms with Gasteiger partial charge in [-0.3, -0.25) is 0 Å². The lowest BCUT2D eigenvalue weighted by Crippen LogP contribution is -2.19. The average Bonchev–Trinajstić information content (AvgIpc) is 2.39. The Morgan fingerprint density at radius 2 is 1.17 bits per heavy atom. The van der Waals surface area contributed by atoms with Gasteiger partial charge in [-0.1, -0.05) is 80.1 Å². The molecule has 0 fully saturated rings. The number of rotatable bonds is 11. The van der Waals surface area contributed by atoms with E-state index in [2.05, 4.69) is 41.5 Å². The third kappa shape index (κ3) is 7.44. The normalized spacial score (nSPS) is 18.3. The summed E-state index contributed by atoms with van der Waals surface area (Å²) in [5.41, 5.74) is 0. The number of hydrogen-bond acceptors (Lipinski definition) is 0. The lowest BCUT2D eigenvalue weighted by Gasteiger charge is -2.29. The summed E-state index contributed by atoms with van der Waals surface area (Å²) < 4.78 is 0.